The Balaban J connectivity index is 1.45. The number of carbonyl (C=O) groups is 1. The number of ether oxygens (including phenoxy) is 4. The largest absolute Gasteiger partial charge is 0.494 e. The third kappa shape index (κ3) is 4.88. The number of benzene rings is 3. The van der Waals surface area contributed by atoms with Crippen molar-refractivity contribution < 1.29 is 23.7 Å². The van der Waals surface area contributed by atoms with Gasteiger partial charge < -0.3 is 24.3 Å². The Hall–Kier alpha value is -4.33. The van der Waals surface area contributed by atoms with Gasteiger partial charge in [0.1, 0.15) is 23.9 Å². The minimum atomic E-state index is -0.570. The number of nitrogens with zero attached hydrogens (tertiary/aromatic N) is 2. The maximum Gasteiger partial charge on any atom is 0.360 e. The van der Waals surface area contributed by atoms with Crippen LogP contribution in [0.25, 0.3) is 11.0 Å². The molecule has 5 rings (SSSR count). The summed E-state index contributed by atoms with van der Waals surface area (Å²) in [6.45, 7) is 5.46. The quantitative estimate of drug-likeness (QED) is 0.311. The van der Waals surface area contributed by atoms with Gasteiger partial charge in [0.15, 0.2) is 11.5 Å². The van der Waals surface area contributed by atoms with Crippen LogP contribution in [0.3, 0.4) is 0 Å². The number of fused-ring (bicyclic) bond motifs is 2. The average molecular weight is 486 g/mol. The summed E-state index contributed by atoms with van der Waals surface area (Å²) >= 11 is 0. The standard InChI is InChI=1S/C28H27N3O5/c1-3-33-19-13-14-25(34-4-2)23(15-19)31-27-26(29-21-10-6-7-11-22(21)30-27)28(32)36-17-18-16-35-24-12-8-5-9-20(18)24/h5-15,18H,3-4,16-17H2,1-2H3,(H,30,31). The predicted octanol–water partition coefficient (Wildman–Crippen LogP) is 5.50. The number of carbonyl (C=O) groups excluding carboxylic acids is 1. The number of hydrogen-bond donors (Lipinski definition) is 1. The molecule has 2 heterocycles. The zero-order valence-electron chi connectivity index (χ0n) is 20.2. The Bertz CT molecular complexity index is 1390. The fourth-order valence-corrected chi connectivity index (χ4v) is 4.11. The van der Waals surface area contributed by atoms with Gasteiger partial charge in [-0.05, 0) is 44.2 Å². The third-order valence-corrected chi connectivity index (χ3v) is 5.79. The minimum Gasteiger partial charge on any atom is -0.494 e. The van der Waals surface area contributed by atoms with Crippen molar-refractivity contribution in [3.05, 3.63) is 78.0 Å². The zero-order valence-corrected chi connectivity index (χ0v) is 20.2. The lowest BCUT2D eigenvalue weighted by atomic mass is 10.0. The molecule has 0 spiro atoms. The Kier molecular flexibility index (Phi) is 6.84. The van der Waals surface area contributed by atoms with Gasteiger partial charge in [0.05, 0.1) is 42.5 Å². The van der Waals surface area contributed by atoms with Crippen LogP contribution < -0.4 is 19.5 Å². The van der Waals surface area contributed by atoms with Crippen molar-refractivity contribution in [3.8, 4) is 17.2 Å². The van der Waals surface area contributed by atoms with Crippen molar-refractivity contribution in [2.45, 2.75) is 19.8 Å². The van der Waals surface area contributed by atoms with Gasteiger partial charge in [-0.1, -0.05) is 30.3 Å². The Morgan fingerprint density at radius 1 is 0.972 bits per heavy atom. The summed E-state index contributed by atoms with van der Waals surface area (Å²) in [6.07, 6.45) is 0. The van der Waals surface area contributed by atoms with Crippen LogP contribution in [-0.4, -0.2) is 42.4 Å². The molecular formula is C28H27N3O5. The SMILES string of the molecule is CCOc1ccc(OCC)c(Nc2nc3ccccc3nc2C(=O)OCC2COc3ccccc32)c1. The summed E-state index contributed by atoms with van der Waals surface area (Å²) in [6, 6.07) is 20.6. The van der Waals surface area contributed by atoms with E-state index < -0.39 is 5.97 Å². The Labute approximate surface area is 209 Å². The molecule has 0 radical (unpaired) electrons. The highest BCUT2D eigenvalue weighted by molar-refractivity contribution is 5.96. The second kappa shape index (κ2) is 10.5. The molecule has 8 heteroatoms. The van der Waals surface area contributed by atoms with Gasteiger partial charge >= 0.3 is 5.97 Å². The van der Waals surface area contributed by atoms with Gasteiger partial charge in [-0.3, -0.25) is 0 Å². The molecule has 1 unspecified atom stereocenters. The molecule has 4 aromatic rings. The number of para-hydroxylation sites is 3. The predicted molar refractivity (Wildman–Crippen MR) is 137 cm³/mol. The fraction of sp³-hybridized carbons (Fsp3) is 0.250. The van der Waals surface area contributed by atoms with E-state index in [-0.39, 0.29) is 24.0 Å². The number of rotatable bonds is 9. The van der Waals surface area contributed by atoms with Crippen molar-refractivity contribution >= 4 is 28.5 Å². The van der Waals surface area contributed by atoms with Crippen molar-refractivity contribution in [3.63, 3.8) is 0 Å². The molecule has 184 valence electrons. The fourth-order valence-electron chi connectivity index (χ4n) is 4.11. The molecule has 8 nitrogen and oxygen atoms in total. The summed E-state index contributed by atoms with van der Waals surface area (Å²) in [5.74, 6) is 1.76. The zero-order chi connectivity index (χ0) is 24.9. The normalized spacial score (nSPS) is 14.1. The van der Waals surface area contributed by atoms with Gasteiger partial charge in [0.2, 0.25) is 0 Å². The van der Waals surface area contributed by atoms with Gasteiger partial charge in [0.25, 0.3) is 0 Å². The molecule has 1 atom stereocenters. The van der Waals surface area contributed by atoms with E-state index in [1.54, 1.807) is 0 Å². The molecule has 0 saturated heterocycles. The van der Waals surface area contributed by atoms with Crippen LogP contribution in [-0.2, 0) is 4.74 Å². The van der Waals surface area contributed by atoms with Crippen molar-refractivity contribution in [2.75, 3.05) is 31.7 Å². The monoisotopic (exact) mass is 485 g/mol. The lowest BCUT2D eigenvalue weighted by Gasteiger charge is -2.16. The Morgan fingerprint density at radius 2 is 1.72 bits per heavy atom. The first kappa shape index (κ1) is 23.4. The number of nitrogens with one attached hydrogen (secondary N) is 1. The van der Waals surface area contributed by atoms with E-state index in [0.717, 1.165) is 11.3 Å². The van der Waals surface area contributed by atoms with Crippen LogP contribution >= 0.6 is 0 Å². The summed E-state index contributed by atoms with van der Waals surface area (Å²) in [4.78, 5) is 22.6. The van der Waals surface area contributed by atoms with Gasteiger partial charge in [-0.2, -0.15) is 0 Å². The number of aromatic nitrogens is 2. The molecule has 1 aliphatic heterocycles. The van der Waals surface area contributed by atoms with Crippen LogP contribution in [0, 0.1) is 0 Å². The van der Waals surface area contributed by atoms with Crippen molar-refractivity contribution in [2.24, 2.45) is 0 Å². The second-order valence-corrected chi connectivity index (χ2v) is 8.20. The maximum atomic E-state index is 13.3. The van der Waals surface area contributed by atoms with E-state index in [0.29, 0.717) is 48.0 Å². The highest BCUT2D eigenvalue weighted by atomic mass is 16.5. The maximum absolute atomic E-state index is 13.3. The van der Waals surface area contributed by atoms with Gasteiger partial charge in [-0.15, -0.1) is 0 Å². The topological polar surface area (TPSA) is 91.8 Å². The first-order chi connectivity index (χ1) is 17.7. The van der Waals surface area contributed by atoms with Crippen LogP contribution in [0.2, 0.25) is 0 Å². The molecule has 1 aliphatic rings. The highest BCUT2D eigenvalue weighted by Gasteiger charge is 2.27. The van der Waals surface area contributed by atoms with Gasteiger partial charge in [0, 0.05) is 11.6 Å². The van der Waals surface area contributed by atoms with Crippen LogP contribution in [0.5, 0.6) is 17.2 Å². The molecule has 36 heavy (non-hydrogen) atoms. The lowest BCUT2D eigenvalue weighted by molar-refractivity contribution is 0.0465. The molecule has 1 N–H and O–H groups in total. The molecule has 0 saturated carbocycles. The first-order valence-electron chi connectivity index (χ1n) is 12.0. The average Bonchev–Trinajstić information content (AvgIpc) is 3.32. The van der Waals surface area contributed by atoms with Crippen LogP contribution in [0.15, 0.2) is 66.7 Å². The summed E-state index contributed by atoms with van der Waals surface area (Å²) in [7, 11) is 0. The molecule has 0 aliphatic carbocycles. The number of esters is 1. The lowest BCUT2D eigenvalue weighted by Crippen LogP contribution is -2.17. The van der Waals surface area contributed by atoms with Crippen molar-refractivity contribution in [1.82, 2.24) is 9.97 Å². The molecule has 0 fully saturated rings. The first-order valence-corrected chi connectivity index (χ1v) is 12.0. The highest BCUT2D eigenvalue weighted by Crippen LogP contribution is 2.35. The van der Waals surface area contributed by atoms with E-state index in [9.17, 15) is 4.79 Å². The van der Waals surface area contributed by atoms with Gasteiger partial charge in [-0.25, -0.2) is 14.8 Å². The summed E-state index contributed by atoms with van der Waals surface area (Å²) < 4.78 is 22.9. The third-order valence-electron chi connectivity index (χ3n) is 5.79. The van der Waals surface area contributed by atoms with Crippen LogP contribution in [0.1, 0.15) is 35.8 Å². The van der Waals surface area contributed by atoms with Crippen molar-refractivity contribution in [1.29, 1.82) is 0 Å². The van der Waals surface area contributed by atoms with E-state index in [1.807, 2.05) is 80.6 Å². The molecule has 0 bridgehead atoms. The molecule has 0 amide bonds. The smallest absolute Gasteiger partial charge is 0.360 e. The minimum absolute atomic E-state index is 0.0394. The number of anilines is 2. The molecular weight excluding hydrogens is 458 g/mol. The molecule has 1 aromatic heterocycles. The Morgan fingerprint density at radius 3 is 2.53 bits per heavy atom. The summed E-state index contributed by atoms with van der Waals surface area (Å²) in [5.41, 5.74) is 2.97. The van der Waals surface area contributed by atoms with E-state index in [1.165, 1.54) is 0 Å². The molecule has 3 aromatic carbocycles. The second-order valence-electron chi connectivity index (χ2n) is 8.20. The van der Waals surface area contributed by atoms with E-state index >= 15 is 0 Å². The van der Waals surface area contributed by atoms with E-state index in [4.69, 9.17) is 18.9 Å². The summed E-state index contributed by atoms with van der Waals surface area (Å²) in [5, 5.41) is 3.24. The van der Waals surface area contributed by atoms with E-state index in [2.05, 4.69) is 15.3 Å². The number of hydrogen-bond acceptors (Lipinski definition) is 8. The van der Waals surface area contributed by atoms with Crippen LogP contribution in [0.4, 0.5) is 11.5 Å².